The fraction of sp³-hybridized carbons (Fsp3) is 0.421. The molecule has 0 aliphatic rings. The molecule has 26 heavy (non-hydrogen) atoms. The largest absolute Gasteiger partial charge is 0.485 e. The van der Waals surface area contributed by atoms with Crippen molar-refractivity contribution in [3.63, 3.8) is 0 Å². The van der Waals surface area contributed by atoms with Gasteiger partial charge in [-0.25, -0.2) is 8.42 Å². The van der Waals surface area contributed by atoms with E-state index in [0.29, 0.717) is 17.9 Å². The molecule has 0 atom stereocenters. The van der Waals surface area contributed by atoms with Gasteiger partial charge in [-0.3, -0.25) is 4.79 Å². The van der Waals surface area contributed by atoms with E-state index in [-0.39, 0.29) is 17.3 Å². The molecule has 0 aliphatic heterocycles. The van der Waals surface area contributed by atoms with Gasteiger partial charge in [-0.15, -0.1) is 0 Å². The summed E-state index contributed by atoms with van der Waals surface area (Å²) in [6.45, 7) is 5.27. The van der Waals surface area contributed by atoms with E-state index in [1.54, 1.807) is 19.2 Å². The molecule has 0 bridgehead atoms. The second kappa shape index (κ2) is 8.51. The Labute approximate surface area is 154 Å². The number of methoxy groups -OCH3 is 1. The number of aromatic nitrogens is 1. The number of carbonyl (C=O) groups is 1. The summed E-state index contributed by atoms with van der Waals surface area (Å²) in [7, 11) is -1.57. The second-order valence-corrected chi connectivity index (χ2v) is 8.25. The van der Waals surface area contributed by atoms with Crippen molar-refractivity contribution >= 4 is 15.6 Å². The minimum atomic E-state index is -3.25. The topological polar surface area (TPSA) is 74.6 Å². The number of ether oxygens (including phenoxy) is 2. The van der Waals surface area contributed by atoms with Crippen LogP contribution in [-0.2, 0) is 21.1 Å². The van der Waals surface area contributed by atoms with Crippen LogP contribution < -0.4 is 4.74 Å². The number of ketones is 1. The molecule has 0 spiro atoms. The maximum Gasteiger partial charge on any atom is 0.202 e. The Bertz CT molecular complexity index is 866. The van der Waals surface area contributed by atoms with Crippen molar-refractivity contribution in [1.82, 2.24) is 4.57 Å². The molecule has 0 radical (unpaired) electrons. The molecule has 0 amide bonds. The SMILES string of the molecule is COCCCn1c(C)cc(C(=O)COc2ccc(S(C)(=O)=O)cc2)c1C. The van der Waals surface area contributed by atoms with E-state index in [1.807, 2.05) is 19.9 Å². The lowest BCUT2D eigenvalue weighted by Gasteiger charge is -2.10. The molecule has 0 N–H and O–H groups in total. The number of benzene rings is 1. The number of hydrogen-bond donors (Lipinski definition) is 0. The Morgan fingerprint density at radius 1 is 1.15 bits per heavy atom. The van der Waals surface area contributed by atoms with Crippen molar-refractivity contribution in [2.24, 2.45) is 0 Å². The van der Waals surface area contributed by atoms with Crippen LogP contribution in [0.2, 0.25) is 0 Å². The number of rotatable bonds is 9. The van der Waals surface area contributed by atoms with E-state index >= 15 is 0 Å². The summed E-state index contributed by atoms with van der Waals surface area (Å²) in [6.07, 6.45) is 2.03. The van der Waals surface area contributed by atoms with Crippen LogP contribution >= 0.6 is 0 Å². The first-order chi connectivity index (χ1) is 12.2. The van der Waals surface area contributed by atoms with Crippen LogP contribution in [0.1, 0.15) is 28.2 Å². The Kier molecular flexibility index (Phi) is 6.61. The van der Waals surface area contributed by atoms with Crippen LogP contribution in [0, 0.1) is 13.8 Å². The lowest BCUT2D eigenvalue weighted by molar-refractivity contribution is 0.0920. The van der Waals surface area contributed by atoms with Gasteiger partial charge < -0.3 is 14.0 Å². The van der Waals surface area contributed by atoms with E-state index in [4.69, 9.17) is 9.47 Å². The third kappa shape index (κ3) is 4.95. The van der Waals surface area contributed by atoms with E-state index in [0.717, 1.165) is 30.6 Å². The molecular weight excluding hydrogens is 354 g/mol. The van der Waals surface area contributed by atoms with Crippen LogP contribution in [0.4, 0.5) is 0 Å². The summed E-state index contributed by atoms with van der Waals surface area (Å²) in [6, 6.07) is 7.92. The van der Waals surface area contributed by atoms with Gasteiger partial charge in [0.2, 0.25) is 5.78 Å². The minimum absolute atomic E-state index is 0.0966. The zero-order chi connectivity index (χ0) is 19.3. The van der Waals surface area contributed by atoms with E-state index in [9.17, 15) is 13.2 Å². The predicted octanol–water partition coefficient (Wildman–Crippen LogP) is 2.81. The molecule has 1 heterocycles. The Morgan fingerprint density at radius 2 is 1.81 bits per heavy atom. The average Bonchev–Trinajstić information content (AvgIpc) is 2.87. The van der Waals surface area contributed by atoms with E-state index in [1.165, 1.54) is 12.1 Å². The van der Waals surface area contributed by atoms with Gasteiger partial charge in [0.05, 0.1) is 4.90 Å². The Hall–Kier alpha value is -2.12. The second-order valence-electron chi connectivity index (χ2n) is 6.24. The molecule has 2 rings (SSSR count). The summed E-state index contributed by atoms with van der Waals surface area (Å²) in [5, 5.41) is 0. The first-order valence-electron chi connectivity index (χ1n) is 8.36. The smallest absolute Gasteiger partial charge is 0.202 e. The van der Waals surface area contributed by atoms with Crippen molar-refractivity contribution in [2.45, 2.75) is 31.7 Å². The molecule has 1 aromatic heterocycles. The maximum atomic E-state index is 12.5. The first kappa shape index (κ1) is 20.2. The molecule has 7 heteroatoms. The normalized spacial score (nSPS) is 11.5. The van der Waals surface area contributed by atoms with E-state index < -0.39 is 9.84 Å². The van der Waals surface area contributed by atoms with Gasteiger partial charge in [0.25, 0.3) is 0 Å². The zero-order valence-corrected chi connectivity index (χ0v) is 16.4. The van der Waals surface area contributed by atoms with Crippen molar-refractivity contribution in [3.05, 3.63) is 47.3 Å². The quantitative estimate of drug-likeness (QED) is 0.495. The van der Waals surface area contributed by atoms with Gasteiger partial charge in [0.15, 0.2) is 16.4 Å². The number of sulfone groups is 1. The standard InChI is InChI=1S/C19H25NO5S/c1-14-12-18(15(2)20(14)10-5-11-24-3)19(21)13-25-16-6-8-17(9-7-16)26(4,22)23/h6-9,12H,5,10-11,13H2,1-4H3. The molecule has 1 aromatic carbocycles. The summed E-state index contributed by atoms with van der Waals surface area (Å²) in [4.78, 5) is 12.7. The van der Waals surface area contributed by atoms with Gasteiger partial charge in [-0.05, 0) is 50.6 Å². The molecular formula is C19H25NO5S. The molecule has 0 saturated carbocycles. The van der Waals surface area contributed by atoms with Crippen molar-refractivity contribution in [1.29, 1.82) is 0 Å². The highest BCUT2D eigenvalue weighted by molar-refractivity contribution is 7.90. The van der Waals surface area contributed by atoms with Gasteiger partial charge in [0, 0.05) is 43.5 Å². The fourth-order valence-corrected chi connectivity index (χ4v) is 3.43. The third-order valence-corrected chi connectivity index (χ3v) is 5.35. The number of nitrogens with zero attached hydrogens (tertiary/aromatic N) is 1. The molecule has 0 unspecified atom stereocenters. The number of Topliss-reactive ketones (excluding diaryl/α,β-unsaturated/α-hetero) is 1. The summed E-state index contributed by atoms with van der Waals surface area (Å²) in [5.74, 6) is 0.350. The van der Waals surface area contributed by atoms with Crippen molar-refractivity contribution < 1.29 is 22.7 Å². The maximum absolute atomic E-state index is 12.5. The van der Waals surface area contributed by atoms with Crippen molar-refractivity contribution in [2.75, 3.05) is 26.6 Å². The number of carbonyl (C=O) groups excluding carboxylic acids is 1. The summed E-state index contributed by atoms with van der Waals surface area (Å²) < 4.78 is 35.6. The van der Waals surface area contributed by atoms with Gasteiger partial charge >= 0.3 is 0 Å². The fourth-order valence-electron chi connectivity index (χ4n) is 2.80. The third-order valence-electron chi connectivity index (χ3n) is 4.23. The lowest BCUT2D eigenvalue weighted by atomic mass is 10.1. The minimum Gasteiger partial charge on any atom is -0.485 e. The zero-order valence-electron chi connectivity index (χ0n) is 15.6. The molecule has 2 aromatic rings. The van der Waals surface area contributed by atoms with Gasteiger partial charge in [-0.2, -0.15) is 0 Å². The summed E-state index contributed by atoms with van der Waals surface area (Å²) in [5.41, 5.74) is 2.59. The van der Waals surface area contributed by atoms with Crippen LogP contribution in [0.25, 0.3) is 0 Å². The lowest BCUT2D eigenvalue weighted by Crippen LogP contribution is -2.13. The highest BCUT2D eigenvalue weighted by Gasteiger charge is 2.16. The molecule has 0 fully saturated rings. The molecule has 6 nitrogen and oxygen atoms in total. The Morgan fingerprint density at radius 3 is 2.38 bits per heavy atom. The number of aryl methyl sites for hydroxylation is 1. The van der Waals surface area contributed by atoms with Gasteiger partial charge in [-0.1, -0.05) is 0 Å². The van der Waals surface area contributed by atoms with E-state index in [2.05, 4.69) is 4.57 Å². The highest BCUT2D eigenvalue weighted by Crippen LogP contribution is 2.19. The monoisotopic (exact) mass is 379 g/mol. The predicted molar refractivity (Wildman–Crippen MR) is 99.8 cm³/mol. The van der Waals surface area contributed by atoms with Crippen LogP contribution in [0.15, 0.2) is 35.2 Å². The number of hydrogen-bond acceptors (Lipinski definition) is 5. The average molecular weight is 379 g/mol. The van der Waals surface area contributed by atoms with Crippen LogP contribution in [-0.4, -0.2) is 45.3 Å². The molecule has 142 valence electrons. The molecule has 0 aliphatic carbocycles. The summed E-state index contributed by atoms with van der Waals surface area (Å²) >= 11 is 0. The van der Waals surface area contributed by atoms with Gasteiger partial charge in [0.1, 0.15) is 5.75 Å². The van der Waals surface area contributed by atoms with Crippen molar-refractivity contribution in [3.8, 4) is 5.75 Å². The molecule has 0 saturated heterocycles. The Balaban J connectivity index is 2.03. The first-order valence-corrected chi connectivity index (χ1v) is 10.2. The van der Waals surface area contributed by atoms with Crippen LogP contribution in [0.5, 0.6) is 5.75 Å². The van der Waals surface area contributed by atoms with Crippen LogP contribution in [0.3, 0.4) is 0 Å². The highest BCUT2D eigenvalue weighted by atomic mass is 32.2.